The number of likely N-dealkylation sites (tertiary alicyclic amines) is 1. The van der Waals surface area contributed by atoms with E-state index >= 15 is 0 Å². The number of hydrogen-bond donors (Lipinski definition) is 0. The van der Waals surface area contributed by atoms with Crippen LogP contribution in [0.15, 0.2) is 0 Å². The molecule has 6 heteroatoms. The van der Waals surface area contributed by atoms with E-state index in [1.165, 1.54) is 32.7 Å². The molecule has 1 amide bonds. The van der Waals surface area contributed by atoms with Gasteiger partial charge in [0.15, 0.2) is 0 Å². The van der Waals surface area contributed by atoms with E-state index in [1.807, 2.05) is 11.8 Å². The van der Waals surface area contributed by atoms with Crippen molar-refractivity contribution in [3.05, 3.63) is 0 Å². The molecule has 0 N–H and O–H groups in total. The molecule has 0 radical (unpaired) electrons. The van der Waals surface area contributed by atoms with Crippen LogP contribution in [-0.4, -0.2) is 97.9 Å². The van der Waals surface area contributed by atoms with Crippen LogP contribution < -0.4 is 0 Å². The van der Waals surface area contributed by atoms with E-state index in [0.29, 0.717) is 12.6 Å². The topological polar surface area (TPSA) is 45.2 Å². The van der Waals surface area contributed by atoms with Gasteiger partial charge in [0.25, 0.3) is 0 Å². The number of carbonyl (C=O) groups excluding carboxylic acids is 1. The molecule has 27 heavy (non-hydrogen) atoms. The van der Waals surface area contributed by atoms with Crippen LogP contribution in [-0.2, 0) is 14.3 Å². The lowest BCUT2D eigenvalue weighted by Crippen LogP contribution is -2.57. The maximum Gasteiger partial charge on any atom is 0.248 e. The molecule has 0 aliphatic carbocycles. The highest BCUT2D eigenvalue weighted by Crippen LogP contribution is 2.37. The molecule has 3 rings (SSSR count). The first-order valence-corrected chi connectivity index (χ1v) is 11.0. The standard InChI is InChI=1S/C21H39N3O3/c1-4-26-17-20(25)24-8-6-21(7-9-24)15-19(5-14-27-21)23-12-10-22(11-13-23)16-18(2)3/h18-19H,4-17H2,1-3H3/t19-/m0/s1. The average Bonchev–Trinajstić information content (AvgIpc) is 2.67. The SMILES string of the molecule is CCOCC(=O)N1CCC2(CC1)C[C@@H](N1CCN(CC(C)C)CC1)CCO2. The van der Waals surface area contributed by atoms with E-state index in [4.69, 9.17) is 9.47 Å². The highest BCUT2D eigenvalue weighted by molar-refractivity contribution is 5.77. The largest absolute Gasteiger partial charge is 0.375 e. The van der Waals surface area contributed by atoms with Gasteiger partial charge in [0.1, 0.15) is 6.61 Å². The molecule has 0 aromatic heterocycles. The highest BCUT2D eigenvalue weighted by Gasteiger charge is 2.42. The number of nitrogens with zero attached hydrogens (tertiary/aromatic N) is 3. The van der Waals surface area contributed by atoms with E-state index in [2.05, 4.69) is 23.6 Å². The molecule has 3 saturated heterocycles. The molecule has 3 heterocycles. The Morgan fingerprint density at radius 3 is 2.48 bits per heavy atom. The lowest BCUT2D eigenvalue weighted by molar-refractivity contribution is -0.153. The molecule has 6 nitrogen and oxygen atoms in total. The summed E-state index contributed by atoms with van der Waals surface area (Å²) in [6.07, 6.45) is 4.22. The first-order chi connectivity index (χ1) is 13.0. The zero-order chi connectivity index (χ0) is 19.3. The van der Waals surface area contributed by atoms with Crippen molar-refractivity contribution in [3.63, 3.8) is 0 Å². The summed E-state index contributed by atoms with van der Waals surface area (Å²) in [6.45, 7) is 15.8. The number of amides is 1. The highest BCUT2D eigenvalue weighted by atomic mass is 16.5. The minimum absolute atomic E-state index is 0.0135. The number of piperazine rings is 1. The summed E-state index contributed by atoms with van der Waals surface area (Å²) < 4.78 is 11.6. The predicted octanol–water partition coefficient (Wildman–Crippen LogP) is 1.84. The van der Waals surface area contributed by atoms with Gasteiger partial charge in [-0.1, -0.05) is 13.8 Å². The monoisotopic (exact) mass is 381 g/mol. The summed E-state index contributed by atoms with van der Waals surface area (Å²) in [4.78, 5) is 19.5. The van der Waals surface area contributed by atoms with E-state index in [9.17, 15) is 4.79 Å². The summed E-state index contributed by atoms with van der Waals surface area (Å²) in [7, 11) is 0. The van der Waals surface area contributed by atoms with Gasteiger partial charge >= 0.3 is 0 Å². The molecular formula is C21H39N3O3. The van der Waals surface area contributed by atoms with Crippen LogP contribution in [0.4, 0.5) is 0 Å². The van der Waals surface area contributed by atoms with Crippen molar-refractivity contribution >= 4 is 5.91 Å². The van der Waals surface area contributed by atoms with Crippen molar-refractivity contribution in [1.29, 1.82) is 0 Å². The Hall–Kier alpha value is -0.690. The summed E-state index contributed by atoms with van der Waals surface area (Å²) in [5, 5.41) is 0. The van der Waals surface area contributed by atoms with Crippen molar-refractivity contribution in [2.45, 2.75) is 58.1 Å². The van der Waals surface area contributed by atoms with Gasteiger partial charge in [-0.05, 0) is 38.5 Å². The molecule has 1 spiro atoms. The quantitative estimate of drug-likeness (QED) is 0.702. The Morgan fingerprint density at radius 1 is 1.15 bits per heavy atom. The van der Waals surface area contributed by atoms with Crippen LogP contribution in [0.25, 0.3) is 0 Å². The normalized spacial score (nSPS) is 27.4. The fourth-order valence-corrected chi connectivity index (χ4v) is 4.93. The van der Waals surface area contributed by atoms with Gasteiger partial charge < -0.3 is 19.3 Å². The summed E-state index contributed by atoms with van der Waals surface area (Å²) in [5.74, 6) is 0.874. The van der Waals surface area contributed by atoms with Crippen molar-refractivity contribution in [2.75, 3.05) is 65.6 Å². The maximum absolute atomic E-state index is 12.2. The molecule has 0 saturated carbocycles. The van der Waals surface area contributed by atoms with E-state index in [1.54, 1.807) is 0 Å². The van der Waals surface area contributed by atoms with Crippen LogP contribution in [0.1, 0.15) is 46.5 Å². The molecule has 3 fully saturated rings. The predicted molar refractivity (Wildman–Crippen MR) is 107 cm³/mol. The van der Waals surface area contributed by atoms with Gasteiger partial charge in [-0.25, -0.2) is 0 Å². The van der Waals surface area contributed by atoms with E-state index < -0.39 is 0 Å². The Kier molecular flexibility index (Phi) is 7.54. The first-order valence-electron chi connectivity index (χ1n) is 11.0. The molecular weight excluding hydrogens is 342 g/mol. The van der Waals surface area contributed by atoms with Crippen molar-refractivity contribution < 1.29 is 14.3 Å². The lowest BCUT2D eigenvalue weighted by atomic mass is 9.81. The van der Waals surface area contributed by atoms with E-state index in [-0.39, 0.29) is 18.1 Å². The third-order valence-corrected chi connectivity index (χ3v) is 6.47. The Bertz CT molecular complexity index is 469. The summed E-state index contributed by atoms with van der Waals surface area (Å²) in [5.41, 5.74) is -0.0135. The fourth-order valence-electron chi connectivity index (χ4n) is 4.93. The molecule has 0 aromatic rings. The van der Waals surface area contributed by atoms with Crippen molar-refractivity contribution in [2.24, 2.45) is 5.92 Å². The molecule has 3 aliphatic rings. The minimum Gasteiger partial charge on any atom is -0.375 e. The molecule has 0 bridgehead atoms. The van der Waals surface area contributed by atoms with Gasteiger partial charge in [0.05, 0.1) is 5.60 Å². The Labute approximate surface area is 165 Å². The third kappa shape index (κ3) is 5.66. The molecule has 156 valence electrons. The van der Waals surface area contributed by atoms with Crippen molar-refractivity contribution in [3.8, 4) is 0 Å². The molecule has 1 atom stereocenters. The van der Waals surface area contributed by atoms with Gasteiger partial charge in [-0.2, -0.15) is 0 Å². The number of carbonyl (C=O) groups is 1. The van der Waals surface area contributed by atoms with Crippen LogP contribution in [0.5, 0.6) is 0 Å². The zero-order valence-electron chi connectivity index (χ0n) is 17.6. The summed E-state index contributed by atoms with van der Waals surface area (Å²) in [6, 6.07) is 0.644. The molecule has 3 aliphatic heterocycles. The third-order valence-electron chi connectivity index (χ3n) is 6.47. The maximum atomic E-state index is 12.2. The second-order valence-corrected chi connectivity index (χ2v) is 8.93. The minimum atomic E-state index is -0.0135. The molecule has 0 aromatic carbocycles. The van der Waals surface area contributed by atoms with Gasteiger partial charge in [-0.3, -0.25) is 9.69 Å². The van der Waals surface area contributed by atoms with E-state index in [0.717, 1.165) is 51.3 Å². The van der Waals surface area contributed by atoms with Gasteiger partial charge in [0.2, 0.25) is 5.91 Å². The fraction of sp³-hybridized carbons (Fsp3) is 0.952. The Morgan fingerprint density at radius 2 is 1.85 bits per heavy atom. The van der Waals surface area contributed by atoms with Crippen molar-refractivity contribution in [1.82, 2.24) is 14.7 Å². The smallest absolute Gasteiger partial charge is 0.248 e. The molecule has 0 unspecified atom stereocenters. The number of ether oxygens (including phenoxy) is 2. The van der Waals surface area contributed by atoms with Crippen LogP contribution >= 0.6 is 0 Å². The number of piperidine rings is 1. The summed E-state index contributed by atoms with van der Waals surface area (Å²) >= 11 is 0. The van der Waals surface area contributed by atoms with Gasteiger partial charge in [0, 0.05) is 65.1 Å². The average molecular weight is 382 g/mol. The van der Waals surface area contributed by atoms with Crippen LogP contribution in [0.3, 0.4) is 0 Å². The lowest BCUT2D eigenvalue weighted by Gasteiger charge is -2.49. The zero-order valence-corrected chi connectivity index (χ0v) is 17.6. The second kappa shape index (κ2) is 9.68. The first kappa shape index (κ1) is 21.0. The second-order valence-electron chi connectivity index (χ2n) is 8.93. The van der Waals surface area contributed by atoms with Crippen LogP contribution in [0.2, 0.25) is 0 Å². The number of hydrogen-bond acceptors (Lipinski definition) is 5. The van der Waals surface area contributed by atoms with Gasteiger partial charge in [-0.15, -0.1) is 0 Å². The van der Waals surface area contributed by atoms with Crippen LogP contribution in [0, 0.1) is 5.92 Å². The Balaban J connectivity index is 1.47. The number of rotatable bonds is 6.